The lowest BCUT2D eigenvalue weighted by molar-refractivity contribution is 0.291. The highest BCUT2D eigenvalue weighted by molar-refractivity contribution is 5.27. The van der Waals surface area contributed by atoms with Crippen molar-refractivity contribution in [3.05, 3.63) is 29.8 Å². The summed E-state index contributed by atoms with van der Waals surface area (Å²) in [4.78, 5) is 0. The Morgan fingerprint density at radius 3 is 2.47 bits per heavy atom. The molecule has 0 aromatic heterocycles. The molecule has 0 amide bonds. The molecule has 1 N–H and O–H groups in total. The minimum Gasteiger partial charge on any atom is -0.494 e. The number of nitrogens with one attached hydrogen (secondary N) is 1. The second kappa shape index (κ2) is 8.13. The van der Waals surface area contributed by atoms with E-state index in [1.807, 2.05) is 0 Å². The predicted octanol–water partition coefficient (Wildman–Crippen LogP) is 3.41. The summed E-state index contributed by atoms with van der Waals surface area (Å²) in [6.07, 6.45) is 3.39. The molecule has 1 aromatic rings. The van der Waals surface area contributed by atoms with Gasteiger partial charge in [-0.15, -0.1) is 0 Å². The van der Waals surface area contributed by atoms with Gasteiger partial charge in [-0.05, 0) is 44.0 Å². The lowest BCUT2D eigenvalue weighted by Crippen LogP contribution is -2.27. The molecule has 17 heavy (non-hydrogen) atoms. The standard InChI is InChI=1S/C15H25NO/c1-4-6-14-7-9-15(10-8-14)17-12-11-13(3)16-5-2/h7-10,13,16H,4-6,11-12H2,1-3H3. The fourth-order valence-electron chi connectivity index (χ4n) is 1.85. The molecule has 0 fully saturated rings. The van der Waals surface area contributed by atoms with E-state index in [0.29, 0.717) is 6.04 Å². The Hall–Kier alpha value is -1.02. The van der Waals surface area contributed by atoms with Gasteiger partial charge in [-0.3, -0.25) is 0 Å². The summed E-state index contributed by atoms with van der Waals surface area (Å²) in [5, 5.41) is 3.38. The van der Waals surface area contributed by atoms with Gasteiger partial charge in [0.25, 0.3) is 0 Å². The van der Waals surface area contributed by atoms with E-state index in [9.17, 15) is 0 Å². The van der Waals surface area contributed by atoms with Crippen LogP contribution in [0.1, 0.15) is 39.2 Å². The zero-order chi connectivity index (χ0) is 12.5. The molecule has 0 bridgehead atoms. The van der Waals surface area contributed by atoms with Crippen LogP contribution in [-0.4, -0.2) is 19.2 Å². The second-order valence-electron chi connectivity index (χ2n) is 4.49. The molecule has 0 aliphatic carbocycles. The van der Waals surface area contributed by atoms with Crippen molar-refractivity contribution in [2.24, 2.45) is 0 Å². The van der Waals surface area contributed by atoms with Gasteiger partial charge in [-0.25, -0.2) is 0 Å². The lowest BCUT2D eigenvalue weighted by Gasteiger charge is -2.13. The Balaban J connectivity index is 2.27. The predicted molar refractivity (Wildman–Crippen MR) is 73.7 cm³/mol. The largest absolute Gasteiger partial charge is 0.494 e. The molecule has 0 aliphatic rings. The van der Waals surface area contributed by atoms with Crippen molar-refractivity contribution < 1.29 is 4.74 Å². The molecule has 1 rings (SSSR count). The van der Waals surface area contributed by atoms with Crippen molar-refractivity contribution in [2.45, 2.75) is 46.1 Å². The SMILES string of the molecule is CCCc1ccc(OCCC(C)NCC)cc1. The normalized spacial score (nSPS) is 12.4. The molecule has 0 saturated carbocycles. The van der Waals surface area contributed by atoms with Crippen LogP contribution >= 0.6 is 0 Å². The molecule has 0 aliphatic heterocycles. The van der Waals surface area contributed by atoms with Crippen LogP contribution in [0.5, 0.6) is 5.75 Å². The Bertz CT molecular complexity index is 294. The summed E-state index contributed by atoms with van der Waals surface area (Å²) in [6.45, 7) is 8.32. The third kappa shape index (κ3) is 5.73. The van der Waals surface area contributed by atoms with Gasteiger partial charge in [0.05, 0.1) is 6.61 Å². The van der Waals surface area contributed by atoms with Gasteiger partial charge in [-0.1, -0.05) is 32.4 Å². The Labute approximate surface area is 105 Å². The first-order valence-corrected chi connectivity index (χ1v) is 6.71. The quantitative estimate of drug-likeness (QED) is 0.745. The average Bonchev–Trinajstić information content (AvgIpc) is 2.32. The molecule has 0 spiro atoms. The molecule has 2 nitrogen and oxygen atoms in total. The van der Waals surface area contributed by atoms with Gasteiger partial charge in [-0.2, -0.15) is 0 Å². The van der Waals surface area contributed by atoms with Crippen LogP contribution in [-0.2, 0) is 6.42 Å². The minimum absolute atomic E-state index is 0.527. The van der Waals surface area contributed by atoms with Crippen molar-refractivity contribution in [3.8, 4) is 5.75 Å². The molecule has 0 radical (unpaired) electrons. The summed E-state index contributed by atoms with van der Waals surface area (Å²) in [5.74, 6) is 0.980. The maximum atomic E-state index is 5.72. The molecule has 0 heterocycles. The Morgan fingerprint density at radius 1 is 1.18 bits per heavy atom. The van der Waals surface area contributed by atoms with Crippen LogP contribution in [0.15, 0.2) is 24.3 Å². The maximum absolute atomic E-state index is 5.72. The molecule has 0 saturated heterocycles. The summed E-state index contributed by atoms with van der Waals surface area (Å²) >= 11 is 0. The molecule has 1 atom stereocenters. The van der Waals surface area contributed by atoms with E-state index in [1.165, 1.54) is 12.0 Å². The minimum atomic E-state index is 0.527. The number of rotatable bonds is 8. The van der Waals surface area contributed by atoms with Gasteiger partial charge < -0.3 is 10.1 Å². The summed E-state index contributed by atoms with van der Waals surface area (Å²) < 4.78 is 5.72. The fraction of sp³-hybridized carbons (Fsp3) is 0.600. The number of ether oxygens (including phenoxy) is 1. The number of benzene rings is 1. The van der Waals surface area contributed by atoms with E-state index in [1.54, 1.807) is 0 Å². The van der Waals surface area contributed by atoms with Crippen LogP contribution in [0.4, 0.5) is 0 Å². The number of aryl methyl sites for hydroxylation is 1. The van der Waals surface area contributed by atoms with Crippen molar-refractivity contribution in [1.29, 1.82) is 0 Å². The molecular formula is C15H25NO. The highest BCUT2D eigenvalue weighted by Crippen LogP contribution is 2.13. The van der Waals surface area contributed by atoms with E-state index in [0.717, 1.165) is 31.7 Å². The second-order valence-corrected chi connectivity index (χ2v) is 4.49. The highest BCUT2D eigenvalue weighted by atomic mass is 16.5. The van der Waals surface area contributed by atoms with Crippen LogP contribution in [0.25, 0.3) is 0 Å². The van der Waals surface area contributed by atoms with Gasteiger partial charge in [0.2, 0.25) is 0 Å². The zero-order valence-electron chi connectivity index (χ0n) is 11.3. The van der Waals surface area contributed by atoms with Crippen LogP contribution < -0.4 is 10.1 Å². The smallest absolute Gasteiger partial charge is 0.119 e. The Kier molecular flexibility index (Phi) is 6.71. The first kappa shape index (κ1) is 14.0. The van der Waals surface area contributed by atoms with Gasteiger partial charge >= 0.3 is 0 Å². The Morgan fingerprint density at radius 2 is 1.88 bits per heavy atom. The zero-order valence-corrected chi connectivity index (χ0v) is 11.3. The monoisotopic (exact) mass is 235 g/mol. The number of hydrogen-bond acceptors (Lipinski definition) is 2. The average molecular weight is 235 g/mol. The summed E-state index contributed by atoms with van der Waals surface area (Å²) in [5.41, 5.74) is 1.39. The maximum Gasteiger partial charge on any atom is 0.119 e. The van der Waals surface area contributed by atoms with Crippen LogP contribution in [0.2, 0.25) is 0 Å². The fourth-order valence-corrected chi connectivity index (χ4v) is 1.85. The summed E-state index contributed by atoms with van der Waals surface area (Å²) in [6, 6.07) is 8.99. The van der Waals surface area contributed by atoms with Crippen LogP contribution in [0.3, 0.4) is 0 Å². The van der Waals surface area contributed by atoms with E-state index in [4.69, 9.17) is 4.74 Å². The molecule has 2 heteroatoms. The number of hydrogen-bond donors (Lipinski definition) is 1. The van der Waals surface area contributed by atoms with E-state index in [-0.39, 0.29) is 0 Å². The van der Waals surface area contributed by atoms with Crippen molar-refractivity contribution in [2.75, 3.05) is 13.2 Å². The molecule has 1 aromatic carbocycles. The summed E-state index contributed by atoms with van der Waals surface area (Å²) in [7, 11) is 0. The third-order valence-electron chi connectivity index (χ3n) is 2.83. The van der Waals surface area contributed by atoms with Crippen molar-refractivity contribution in [3.63, 3.8) is 0 Å². The molecule has 96 valence electrons. The van der Waals surface area contributed by atoms with Gasteiger partial charge in [0.15, 0.2) is 0 Å². The van der Waals surface area contributed by atoms with E-state index in [2.05, 4.69) is 50.4 Å². The topological polar surface area (TPSA) is 21.3 Å². The van der Waals surface area contributed by atoms with Gasteiger partial charge in [0.1, 0.15) is 5.75 Å². The van der Waals surface area contributed by atoms with E-state index >= 15 is 0 Å². The van der Waals surface area contributed by atoms with E-state index < -0.39 is 0 Å². The lowest BCUT2D eigenvalue weighted by atomic mass is 10.1. The van der Waals surface area contributed by atoms with Crippen LogP contribution in [0, 0.1) is 0 Å². The third-order valence-corrected chi connectivity index (χ3v) is 2.83. The van der Waals surface area contributed by atoms with Crippen molar-refractivity contribution >= 4 is 0 Å². The van der Waals surface area contributed by atoms with Gasteiger partial charge in [0, 0.05) is 6.04 Å². The highest BCUT2D eigenvalue weighted by Gasteiger charge is 2.00. The molecular weight excluding hydrogens is 210 g/mol. The molecule has 1 unspecified atom stereocenters. The first-order valence-electron chi connectivity index (χ1n) is 6.71. The first-order chi connectivity index (χ1) is 8.26. The van der Waals surface area contributed by atoms with Crippen molar-refractivity contribution in [1.82, 2.24) is 5.32 Å².